The summed E-state index contributed by atoms with van der Waals surface area (Å²) in [7, 11) is 0. The second kappa shape index (κ2) is 9.39. The number of pyridine rings is 1. The standard InChI is InChI=1S/C42H47NS/c1-22-23(2)25(4)37-30(24(22)3)17-29(26(5)38(37)40(6,7)8)35-19-31-27(21-43-35)13-14-28-32-18-33-34(20-36(32)44-39(28)31)42(11,12)16-15-41(33,9)10/h13-14,17-21H,15-16H2,1-12H3. The summed E-state index contributed by atoms with van der Waals surface area (Å²) in [5.74, 6) is 0. The Morgan fingerprint density at radius 2 is 1.30 bits per heavy atom. The number of aromatic nitrogens is 1. The monoisotopic (exact) mass is 597 g/mol. The third-order valence-electron chi connectivity index (χ3n) is 11.4. The molecule has 44 heavy (non-hydrogen) atoms. The first-order valence-electron chi connectivity index (χ1n) is 16.4. The molecule has 0 saturated carbocycles. The highest BCUT2D eigenvalue weighted by molar-refractivity contribution is 7.26. The maximum Gasteiger partial charge on any atom is 0.0711 e. The number of rotatable bonds is 1. The summed E-state index contributed by atoms with van der Waals surface area (Å²) in [5, 5.41) is 8.11. The van der Waals surface area contributed by atoms with Crippen LogP contribution in [0.4, 0.5) is 0 Å². The van der Waals surface area contributed by atoms with Crippen molar-refractivity contribution in [2.24, 2.45) is 0 Å². The van der Waals surface area contributed by atoms with Crippen LogP contribution in [0.2, 0.25) is 0 Å². The Morgan fingerprint density at radius 1 is 0.659 bits per heavy atom. The van der Waals surface area contributed by atoms with Crippen LogP contribution in [0.15, 0.2) is 42.6 Å². The summed E-state index contributed by atoms with van der Waals surface area (Å²) in [6.07, 6.45) is 4.57. The van der Waals surface area contributed by atoms with Gasteiger partial charge in [0.25, 0.3) is 0 Å². The molecule has 1 aliphatic carbocycles. The molecular weight excluding hydrogens is 551 g/mol. The maximum absolute atomic E-state index is 5.13. The summed E-state index contributed by atoms with van der Waals surface area (Å²) in [5.41, 5.74) is 14.2. The first-order valence-corrected chi connectivity index (χ1v) is 17.2. The highest BCUT2D eigenvalue weighted by Gasteiger charge is 2.37. The van der Waals surface area contributed by atoms with E-state index in [-0.39, 0.29) is 16.2 Å². The Kier molecular flexibility index (Phi) is 6.29. The second-order valence-electron chi connectivity index (χ2n) is 16.1. The third kappa shape index (κ3) is 4.13. The molecule has 1 nitrogen and oxygen atoms in total. The molecule has 2 heteroatoms. The van der Waals surface area contributed by atoms with Crippen molar-refractivity contribution >= 4 is 53.1 Å². The number of hydrogen-bond acceptors (Lipinski definition) is 2. The molecule has 0 amide bonds. The van der Waals surface area contributed by atoms with E-state index in [1.54, 1.807) is 0 Å². The van der Waals surface area contributed by atoms with Crippen LogP contribution < -0.4 is 0 Å². The van der Waals surface area contributed by atoms with Gasteiger partial charge >= 0.3 is 0 Å². The summed E-state index contributed by atoms with van der Waals surface area (Å²) >= 11 is 1.96. The Balaban J connectivity index is 1.53. The van der Waals surface area contributed by atoms with Gasteiger partial charge in [0.1, 0.15) is 0 Å². The van der Waals surface area contributed by atoms with Gasteiger partial charge in [0.15, 0.2) is 0 Å². The molecule has 0 aliphatic heterocycles. The molecule has 0 unspecified atom stereocenters. The first-order chi connectivity index (χ1) is 20.5. The number of fused-ring (bicyclic) bond motifs is 7. The molecule has 2 heterocycles. The molecule has 0 saturated heterocycles. The predicted molar refractivity (Wildman–Crippen MR) is 195 cm³/mol. The Morgan fingerprint density at radius 3 is 1.95 bits per heavy atom. The minimum Gasteiger partial charge on any atom is -0.256 e. The van der Waals surface area contributed by atoms with Gasteiger partial charge in [-0.05, 0) is 143 Å². The van der Waals surface area contributed by atoms with Crippen molar-refractivity contribution < 1.29 is 0 Å². The van der Waals surface area contributed by atoms with Gasteiger partial charge in [-0.2, -0.15) is 0 Å². The maximum atomic E-state index is 5.13. The normalized spacial score (nSPS) is 16.4. The fourth-order valence-electron chi connectivity index (χ4n) is 8.28. The van der Waals surface area contributed by atoms with Gasteiger partial charge in [-0.15, -0.1) is 11.3 Å². The molecule has 0 fully saturated rings. The second-order valence-corrected chi connectivity index (χ2v) is 17.1. The fraction of sp³-hybridized carbons (Fsp3) is 0.405. The quantitative estimate of drug-likeness (QED) is 0.184. The van der Waals surface area contributed by atoms with E-state index in [9.17, 15) is 0 Å². The molecule has 0 spiro atoms. The Hall–Kier alpha value is -3.23. The predicted octanol–water partition coefficient (Wildman–Crippen LogP) is 12.6. The number of nitrogens with zero attached hydrogens (tertiary/aromatic N) is 1. The number of hydrogen-bond donors (Lipinski definition) is 0. The van der Waals surface area contributed by atoms with E-state index >= 15 is 0 Å². The van der Waals surface area contributed by atoms with Crippen LogP contribution in [-0.4, -0.2) is 4.98 Å². The van der Waals surface area contributed by atoms with E-state index < -0.39 is 0 Å². The minimum absolute atomic E-state index is 0.00744. The molecule has 2 aromatic heterocycles. The lowest BCUT2D eigenvalue weighted by Gasteiger charge is -2.41. The van der Waals surface area contributed by atoms with Gasteiger partial charge in [0, 0.05) is 42.7 Å². The average Bonchev–Trinajstić information content (AvgIpc) is 3.34. The van der Waals surface area contributed by atoms with Crippen molar-refractivity contribution in [3.63, 3.8) is 0 Å². The van der Waals surface area contributed by atoms with Crippen LogP contribution >= 0.6 is 11.3 Å². The summed E-state index contributed by atoms with van der Waals surface area (Å²) in [6, 6.07) is 14.5. The van der Waals surface area contributed by atoms with Gasteiger partial charge in [0.2, 0.25) is 0 Å². The van der Waals surface area contributed by atoms with Crippen molar-refractivity contribution in [3.8, 4) is 11.3 Å². The van der Waals surface area contributed by atoms with Gasteiger partial charge < -0.3 is 0 Å². The van der Waals surface area contributed by atoms with E-state index in [0.717, 1.165) is 5.69 Å². The summed E-state index contributed by atoms with van der Waals surface area (Å²) in [4.78, 5) is 5.13. The zero-order valence-corrected chi connectivity index (χ0v) is 29.6. The van der Waals surface area contributed by atoms with Gasteiger partial charge in [-0.1, -0.05) is 60.6 Å². The lowest BCUT2D eigenvalue weighted by atomic mass is 9.63. The lowest BCUT2D eigenvalue weighted by Crippen LogP contribution is -2.33. The van der Waals surface area contributed by atoms with E-state index in [2.05, 4.69) is 126 Å². The SMILES string of the molecule is Cc1c(C)c(C)c2c(C(C)(C)C)c(C)c(-c3cc4c(ccc5c6cc7c(cc6sc45)C(C)(C)CCC7(C)C)cn3)cc2c1C. The molecule has 1 aliphatic rings. The summed E-state index contributed by atoms with van der Waals surface area (Å²) in [6.45, 7) is 28.3. The average molecular weight is 598 g/mol. The first kappa shape index (κ1) is 29.5. The van der Waals surface area contributed by atoms with Crippen molar-refractivity contribution in [3.05, 3.63) is 87.1 Å². The van der Waals surface area contributed by atoms with Gasteiger partial charge in [-0.25, -0.2) is 0 Å². The molecule has 226 valence electrons. The van der Waals surface area contributed by atoms with Crippen molar-refractivity contribution in [2.75, 3.05) is 0 Å². The van der Waals surface area contributed by atoms with E-state index in [0.29, 0.717) is 0 Å². The molecular formula is C42H47NS. The summed E-state index contributed by atoms with van der Waals surface area (Å²) < 4.78 is 2.79. The molecule has 6 aromatic rings. The van der Waals surface area contributed by atoms with Crippen LogP contribution in [0.1, 0.15) is 106 Å². The van der Waals surface area contributed by atoms with Crippen molar-refractivity contribution in [1.29, 1.82) is 0 Å². The topological polar surface area (TPSA) is 12.9 Å². The van der Waals surface area contributed by atoms with Crippen LogP contribution in [0.3, 0.4) is 0 Å². The van der Waals surface area contributed by atoms with E-state index in [1.165, 1.54) is 105 Å². The molecule has 0 N–H and O–H groups in total. The van der Waals surface area contributed by atoms with Gasteiger partial charge in [-0.3, -0.25) is 4.98 Å². The highest BCUT2D eigenvalue weighted by atomic mass is 32.1. The molecule has 4 aromatic carbocycles. The number of aryl methyl sites for hydroxylation is 2. The Bertz CT molecular complexity index is 2200. The van der Waals surface area contributed by atoms with Crippen LogP contribution in [0.5, 0.6) is 0 Å². The van der Waals surface area contributed by atoms with Crippen molar-refractivity contribution in [1.82, 2.24) is 4.98 Å². The molecule has 0 bridgehead atoms. The van der Waals surface area contributed by atoms with Crippen LogP contribution in [0, 0.1) is 34.6 Å². The third-order valence-corrected chi connectivity index (χ3v) is 12.6. The smallest absolute Gasteiger partial charge is 0.0711 e. The van der Waals surface area contributed by atoms with E-state index in [1.807, 2.05) is 11.3 Å². The number of benzene rings is 4. The molecule has 0 atom stereocenters. The minimum atomic E-state index is 0.00744. The largest absolute Gasteiger partial charge is 0.256 e. The van der Waals surface area contributed by atoms with Crippen LogP contribution in [0.25, 0.3) is 53.0 Å². The van der Waals surface area contributed by atoms with Crippen LogP contribution in [-0.2, 0) is 16.2 Å². The highest BCUT2D eigenvalue weighted by Crippen LogP contribution is 2.50. The Labute approximate surface area is 267 Å². The zero-order chi connectivity index (χ0) is 31.7. The lowest BCUT2D eigenvalue weighted by molar-refractivity contribution is 0.332. The van der Waals surface area contributed by atoms with E-state index in [4.69, 9.17) is 4.98 Å². The van der Waals surface area contributed by atoms with Gasteiger partial charge in [0.05, 0.1) is 5.69 Å². The molecule has 7 rings (SSSR count). The number of thiophene rings is 1. The van der Waals surface area contributed by atoms with Crippen molar-refractivity contribution in [2.45, 2.75) is 112 Å². The zero-order valence-electron chi connectivity index (χ0n) is 28.8. The fourth-order valence-corrected chi connectivity index (χ4v) is 9.53. The molecule has 0 radical (unpaired) electrons.